The lowest BCUT2D eigenvalue weighted by molar-refractivity contribution is 0.471. The molecule has 0 fully saturated rings. The van der Waals surface area contributed by atoms with Crippen LogP contribution in [-0.2, 0) is 50.3 Å². The van der Waals surface area contributed by atoms with Crippen molar-refractivity contribution in [3.8, 4) is 5.75 Å². The molecule has 0 saturated carbocycles. The van der Waals surface area contributed by atoms with Crippen molar-refractivity contribution in [3.05, 3.63) is 102 Å². The van der Waals surface area contributed by atoms with Crippen molar-refractivity contribution in [1.29, 1.82) is 0 Å². The zero-order valence-corrected chi connectivity index (χ0v) is 37.2. The van der Waals surface area contributed by atoms with Crippen molar-refractivity contribution in [3.63, 3.8) is 0 Å². The number of nitrogens with zero attached hydrogens (tertiary/aromatic N) is 8. The van der Waals surface area contributed by atoms with Crippen molar-refractivity contribution in [2.45, 2.75) is 31.4 Å². The number of benzene rings is 5. The van der Waals surface area contributed by atoms with Gasteiger partial charge in [-0.15, -0.1) is 10.2 Å². The molecule has 65 heavy (non-hydrogen) atoms. The lowest BCUT2D eigenvalue weighted by atomic mass is 10.1. The number of nitrogens with one attached hydrogen (secondary N) is 1. The number of sulfone groups is 1. The number of aromatic nitrogens is 3. The molecule has 0 aliphatic heterocycles. The Kier molecular flexibility index (Phi) is 13.2. The van der Waals surface area contributed by atoms with Crippen LogP contribution in [0, 0.1) is 0 Å². The molecule has 24 nitrogen and oxygen atoms in total. The molecule has 1 aromatic heterocycles. The second kappa shape index (κ2) is 17.9. The van der Waals surface area contributed by atoms with Crippen LogP contribution in [0.15, 0.2) is 142 Å². The molecule has 0 spiro atoms. The number of phenols is 1. The minimum absolute atomic E-state index is 0.0477. The summed E-state index contributed by atoms with van der Waals surface area (Å²) in [5.41, 5.74) is -2.21. The molecule has 5 aromatic carbocycles. The molecule has 0 atom stereocenters. The number of hydrogen-bond donors (Lipinski definition) is 6. The first kappa shape index (κ1) is 48.1. The van der Waals surface area contributed by atoms with Crippen LogP contribution < -0.4 is 10.2 Å². The number of azo groups is 2. The Morgan fingerprint density at radius 1 is 0.677 bits per heavy atom. The summed E-state index contributed by atoms with van der Waals surface area (Å²) < 4.78 is 163. The molecule has 0 aliphatic carbocycles. The average Bonchev–Trinajstić information content (AvgIpc) is 3.21. The van der Waals surface area contributed by atoms with Crippen LogP contribution in [0.25, 0.3) is 10.8 Å². The van der Waals surface area contributed by atoms with E-state index in [0.717, 1.165) is 60.0 Å². The number of anilines is 4. The van der Waals surface area contributed by atoms with Crippen LogP contribution in [0.4, 0.5) is 46.0 Å². The molecule has 0 aliphatic rings. The molecule has 1 heterocycles. The van der Waals surface area contributed by atoms with Gasteiger partial charge in [-0.3, -0.25) is 18.2 Å². The van der Waals surface area contributed by atoms with Gasteiger partial charge in [0.25, 0.3) is 40.5 Å². The predicted octanol–water partition coefficient (Wildman–Crippen LogP) is 7.02. The first-order valence-electron chi connectivity index (χ1n) is 17.4. The molecular formula is C35H28ClN9O15S5. The maximum Gasteiger partial charge on any atom is 0.297 e. The maximum absolute atomic E-state index is 13.0. The minimum Gasteiger partial charge on any atom is -0.505 e. The van der Waals surface area contributed by atoms with Gasteiger partial charge in [0.05, 0.1) is 26.9 Å². The average molecular weight is 1010 g/mol. The summed E-state index contributed by atoms with van der Waals surface area (Å²) in [6.07, 6.45) is 0. The van der Waals surface area contributed by atoms with E-state index in [-0.39, 0.29) is 34.5 Å². The normalized spacial score (nSPS) is 12.8. The van der Waals surface area contributed by atoms with Gasteiger partial charge < -0.3 is 15.3 Å². The molecule has 30 heteroatoms. The topological polar surface area (TPSA) is 375 Å². The van der Waals surface area contributed by atoms with Gasteiger partial charge in [-0.25, -0.2) is 8.42 Å². The van der Waals surface area contributed by atoms with E-state index in [0.29, 0.717) is 6.07 Å². The second-order valence-corrected chi connectivity index (χ2v) is 20.7. The van der Waals surface area contributed by atoms with Crippen molar-refractivity contribution >= 4 is 119 Å². The van der Waals surface area contributed by atoms with Crippen LogP contribution in [0.1, 0.15) is 6.92 Å². The highest BCUT2D eigenvalue weighted by atomic mass is 35.5. The summed E-state index contributed by atoms with van der Waals surface area (Å²) in [4.78, 5) is 9.72. The van der Waals surface area contributed by atoms with E-state index in [1.807, 2.05) is 0 Å². The van der Waals surface area contributed by atoms with E-state index < -0.39 is 115 Å². The molecule has 0 saturated heterocycles. The van der Waals surface area contributed by atoms with Crippen LogP contribution in [0.3, 0.4) is 0 Å². The van der Waals surface area contributed by atoms with E-state index in [1.165, 1.54) is 29.2 Å². The third-order valence-electron chi connectivity index (χ3n) is 8.69. The quantitative estimate of drug-likeness (QED) is 0.0444. The Hall–Kier alpha value is -6.41. The van der Waals surface area contributed by atoms with E-state index in [9.17, 15) is 60.9 Å². The number of hydrogen-bond acceptors (Lipinski definition) is 20. The van der Waals surface area contributed by atoms with Gasteiger partial charge in [-0.2, -0.15) is 58.9 Å². The van der Waals surface area contributed by atoms with Gasteiger partial charge in [0.2, 0.25) is 17.2 Å². The van der Waals surface area contributed by atoms with Gasteiger partial charge >= 0.3 is 0 Å². The Bertz CT molecular complexity index is 3580. The third-order valence-corrected chi connectivity index (χ3v) is 13.8. The van der Waals surface area contributed by atoms with Crippen molar-refractivity contribution in [1.82, 2.24) is 15.0 Å². The van der Waals surface area contributed by atoms with Crippen LogP contribution in [0.2, 0.25) is 5.28 Å². The minimum atomic E-state index is -5.49. The van der Waals surface area contributed by atoms with Gasteiger partial charge in [0.15, 0.2) is 15.6 Å². The Morgan fingerprint density at radius 2 is 1.32 bits per heavy atom. The lowest BCUT2D eigenvalue weighted by Crippen LogP contribution is -2.20. The lowest BCUT2D eigenvalue weighted by Gasteiger charge is -2.22. The molecule has 6 rings (SSSR count). The van der Waals surface area contributed by atoms with Crippen LogP contribution in [0.5, 0.6) is 5.75 Å². The van der Waals surface area contributed by atoms with Gasteiger partial charge in [0, 0.05) is 28.4 Å². The standard InChI is InChI=1S/C35H28ClN9O15S5/c1-3-45(21-6-5-7-23(17-21)61(47,48)4-2)35-39-33(36)38-34(40-35)37-27-15-13-24-25(32(27)65(58,59)60)18-29(64(55,56)57)30(31(24)46)44-43-26-14-10-20(16-28(26)63(52,53)54)42-41-19-8-11-22(12-9-19)62(49,50)51/h4-18,46H,2-3H2,1H3,(H,49,50,51)(H,52,53,54)(H,55,56,57)(H,58,59,60)(H,37,38,39,40). The van der Waals surface area contributed by atoms with Gasteiger partial charge in [-0.05, 0) is 97.4 Å². The fourth-order valence-electron chi connectivity index (χ4n) is 5.82. The highest BCUT2D eigenvalue weighted by molar-refractivity contribution is 7.94. The van der Waals surface area contributed by atoms with Gasteiger partial charge in [0.1, 0.15) is 26.1 Å². The number of phenolic OH excluding ortho intramolecular Hbond substituents is 1. The van der Waals surface area contributed by atoms with Crippen molar-refractivity contribution in [2.24, 2.45) is 20.5 Å². The summed E-state index contributed by atoms with van der Waals surface area (Å²) in [6, 6.07) is 15.2. The van der Waals surface area contributed by atoms with Crippen LogP contribution >= 0.6 is 11.6 Å². The van der Waals surface area contributed by atoms with Crippen molar-refractivity contribution in [2.75, 3.05) is 16.8 Å². The zero-order valence-electron chi connectivity index (χ0n) is 32.4. The van der Waals surface area contributed by atoms with Crippen LogP contribution in [-0.4, -0.2) is 86.9 Å². The molecule has 0 unspecified atom stereocenters. The number of rotatable bonds is 15. The molecule has 6 N–H and O–H groups in total. The predicted molar refractivity (Wildman–Crippen MR) is 231 cm³/mol. The van der Waals surface area contributed by atoms with Gasteiger partial charge in [-0.1, -0.05) is 12.6 Å². The summed E-state index contributed by atoms with van der Waals surface area (Å²) in [7, 11) is -24.5. The summed E-state index contributed by atoms with van der Waals surface area (Å²) in [6.45, 7) is 5.09. The fraction of sp³-hybridized carbons (Fsp3) is 0.0571. The van der Waals surface area contributed by atoms with E-state index in [2.05, 4.69) is 47.3 Å². The largest absolute Gasteiger partial charge is 0.505 e. The first-order valence-corrected chi connectivity index (χ1v) is 25.1. The zero-order chi connectivity index (χ0) is 47.9. The molecule has 0 bridgehead atoms. The Balaban J connectivity index is 1.42. The summed E-state index contributed by atoms with van der Waals surface area (Å²) >= 11 is 6.20. The molecule has 6 aromatic rings. The Morgan fingerprint density at radius 3 is 1.92 bits per heavy atom. The van der Waals surface area contributed by atoms with E-state index >= 15 is 0 Å². The second-order valence-electron chi connectivity index (χ2n) is 12.9. The number of aromatic hydroxyl groups is 1. The SMILES string of the molecule is C=CS(=O)(=O)c1cccc(N(CC)c2nc(Cl)nc(Nc3ccc4c(O)c(N=Nc5ccc(N=Nc6ccc(S(=O)(=O)O)cc6)cc5S(=O)(=O)O)c(S(=O)(=O)O)cc4c3S(=O)(=O)O)n2)c1. The highest BCUT2D eigenvalue weighted by Crippen LogP contribution is 2.45. The maximum atomic E-state index is 13.0. The molecule has 340 valence electrons. The third kappa shape index (κ3) is 10.8. The first-order chi connectivity index (χ1) is 30.2. The highest BCUT2D eigenvalue weighted by Gasteiger charge is 2.29. The number of fused-ring (bicyclic) bond motifs is 1. The molecular weight excluding hydrogens is 982 g/mol. The van der Waals surface area contributed by atoms with Crippen molar-refractivity contribution < 1.29 is 65.4 Å². The summed E-state index contributed by atoms with van der Waals surface area (Å²) in [5.74, 6) is -1.81. The van der Waals surface area contributed by atoms with E-state index in [4.69, 9.17) is 16.2 Å². The number of halogens is 1. The fourth-order valence-corrected chi connectivity index (χ4v) is 9.34. The molecule has 0 radical (unpaired) electrons. The monoisotopic (exact) mass is 1010 g/mol. The smallest absolute Gasteiger partial charge is 0.297 e. The van der Waals surface area contributed by atoms with E-state index in [1.54, 1.807) is 6.92 Å². The molecule has 0 amide bonds. The summed E-state index contributed by atoms with van der Waals surface area (Å²) in [5, 5.41) is 27.8. The Labute approximate surface area is 373 Å².